The van der Waals surface area contributed by atoms with Crippen LogP contribution in [0, 0.1) is 29.1 Å². The molecular formula is C17H29N3O. The average molecular weight is 291 g/mol. The highest BCUT2D eigenvalue weighted by molar-refractivity contribution is 5.79. The first-order valence-corrected chi connectivity index (χ1v) is 8.39. The number of likely N-dealkylation sites (tertiary alicyclic amines) is 1. The van der Waals surface area contributed by atoms with Crippen molar-refractivity contribution in [3.8, 4) is 6.07 Å². The van der Waals surface area contributed by atoms with E-state index in [4.69, 9.17) is 0 Å². The number of fused-ring (bicyclic) bond motifs is 1. The van der Waals surface area contributed by atoms with E-state index in [2.05, 4.69) is 16.3 Å². The minimum Gasteiger partial charge on any atom is -0.337 e. The fourth-order valence-corrected chi connectivity index (χ4v) is 3.65. The molecule has 1 heterocycles. The van der Waals surface area contributed by atoms with Gasteiger partial charge in [-0.05, 0) is 44.1 Å². The predicted molar refractivity (Wildman–Crippen MR) is 83.5 cm³/mol. The number of nitrogens with one attached hydrogen (secondary N) is 1. The van der Waals surface area contributed by atoms with Gasteiger partial charge in [0.05, 0.1) is 12.6 Å². The van der Waals surface area contributed by atoms with Crippen LogP contribution in [0.25, 0.3) is 0 Å². The molecule has 21 heavy (non-hydrogen) atoms. The summed E-state index contributed by atoms with van der Waals surface area (Å²) in [6, 6.07) is 2.24. The SMILES string of the molecule is CC(C)[C@](C)(C#N)NC(=O)CN1CC[C@@H]2CCCC[C@@H]2C1. The van der Waals surface area contributed by atoms with E-state index in [1.54, 1.807) is 0 Å². The second-order valence-corrected chi connectivity index (χ2v) is 7.35. The van der Waals surface area contributed by atoms with Crippen LogP contribution in [0.15, 0.2) is 0 Å². The molecule has 0 radical (unpaired) electrons. The lowest BCUT2D eigenvalue weighted by molar-refractivity contribution is -0.124. The topological polar surface area (TPSA) is 56.1 Å². The summed E-state index contributed by atoms with van der Waals surface area (Å²) in [5.41, 5.74) is -0.764. The lowest BCUT2D eigenvalue weighted by Crippen LogP contribution is -2.53. The number of nitrogens with zero attached hydrogens (tertiary/aromatic N) is 2. The van der Waals surface area contributed by atoms with Crippen molar-refractivity contribution in [3.63, 3.8) is 0 Å². The highest BCUT2D eigenvalue weighted by atomic mass is 16.2. The molecule has 0 bridgehead atoms. The van der Waals surface area contributed by atoms with Gasteiger partial charge in [-0.25, -0.2) is 0 Å². The summed E-state index contributed by atoms with van der Waals surface area (Å²) >= 11 is 0. The average Bonchev–Trinajstić information content (AvgIpc) is 2.46. The Kier molecular flexibility index (Phi) is 5.27. The number of amides is 1. The van der Waals surface area contributed by atoms with Crippen molar-refractivity contribution in [1.82, 2.24) is 10.2 Å². The quantitative estimate of drug-likeness (QED) is 0.866. The Hall–Kier alpha value is -1.08. The van der Waals surface area contributed by atoms with Gasteiger partial charge in [0.1, 0.15) is 5.54 Å². The van der Waals surface area contributed by atoms with E-state index in [0.717, 1.165) is 24.9 Å². The fraction of sp³-hybridized carbons (Fsp3) is 0.882. The summed E-state index contributed by atoms with van der Waals surface area (Å²) < 4.78 is 0. The molecule has 1 amide bonds. The van der Waals surface area contributed by atoms with Crippen LogP contribution in [-0.4, -0.2) is 36.0 Å². The minimum absolute atomic E-state index is 0.0120. The van der Waals surface area contributed by atoms with Crippen LogP contribution in [0.4, 0.5) is 0 Å². The van der Waals surface area contributed by atoms with E-state index in [0.29, 0.717) is 6.54 Å². The molecule has 0 aromatic carbocycles. The molecule has 4 heteroatoms. The van der Waals surface area contributed by atoms with Crippen molar-refractivity contribution in [3.05, 3.63) is 0 Å². The van der Waals surface area contributed by atoms with Gasteiger partial charge in [0.15, 0.2) is 0 Å². The van der Waals surface area contributed by atoms with Crippen molar-refractivity contribution >= 4 is 5.91 Å². The van der Waals surface area contributed by atoms with Gasteiger partial charge in [-0.1, -0.05) is 33.1 Å². The van der Waals surface area contributed by atoms with E-state index < -0.39 is 5.54 Å². The van der Waals surface area contributed by atoms with Crippen LogP contribution in [-0.2, 0) is 4.79 Å². The van der Waals surface area contributed by atoms with Gasteiger partial charge in [-0.15, -0.1) is 0 Å². The van der Waals surface area contributed by atoms with Gasteiger partial charge in [-0.3, -0.25) is 9.69 Å². The first kappa shape index (κ1) is 16.3. The Morgan fingerprint density at radius 2 is 2.00 bits per heavy atom. The molecule has 4 nitrogen and oxygen atoms in total. The molecule has 0 unspecified atom stereocenters. The molecule has 1 aliphatic heterocycles. The Bertz CT molecular complexity index is 415. The lowest BCUT2D eigenvalue weighted by atomic mass is 9.75. The van der Waals surface area contributed by atoms with E-state index in [1.807, 2.05) is 20.8 Å². The minimum atomic E-state index is -0.764. The Morgan fingerprint density at radius 3 is 2.62 bits per heavy atom. The van der Waals surface area contributed by atoms with Crippen molar-refractivity contribution < 1.29 is 4.79 Å². The standard InChI is InChI=1S/C17H29N3O/c1-13(2)17(3,12-18)19-16(21)11-20-9-8-14-6-4-5-7-15(14)10-20/h13-15H,4-11H2,1-3H3,(H,19,21)/t14-,15+,17-/m0/s1. The van der Waals surface area contributed by atoms with Crippen LogP contribution < -0.4 is 5.32 Å². The van der Waals surface area contributed by atoms with E-state index in [9.17, 15) is 10.1 Å². The maximum absolute atomic E-state index is 12.2. The number of hydrogen-bond acceptors (Lipinski definition) is 3. The van der Waals surface area contributed by atoms with Gasteiger partial charge in [0.2, 0.25) is 5.91 Å². The Morgan fingerprint density at radius 1 is 1.33 bits per heavy atom. The second kappa shape index (κ2) is 6.79. The molecule has 1 saturated heterocycles. The van der Waals surface area contributed by atoms with Gasteiger partial charge in [0.25, 0.3) is 0 Å². The summed E-state index contributed by atoms with van der Waals surface area (Å²) in [6.45, 7) is 8.27. The summed E-state index contributed by atoms with van der Waals surface area (Å²) in [6.07, 6.45) is 6.67. The maximum atomic E-state index is 12.2. The molecule has 0 spiro atoms. The maximum Gasteiger partial charge on any atom is 0.235 e. The summed E-state index contributed by atoms with van der Waals surface area (Å²) in [7, 11) is 0. The molecule has 2 fully saturated rings. The second-order valence-electron chi connectivity index (χ2n) is 7.35. The molecular weight excluding hydrogens is 262 g/mol. The third-order valence-corrected chi connectivity index (χ3v) is 5.53. The zero-order valence-corrected chi connectivity index (χ0v) is 13.7. The van der Waals surface area contributed by atoms with Crippen molar-refractivity contribution in [2.45, 2.75) is 58.4 Å². The van der Waals surface area contributed by atoms with E-state index >= 15 is 0 Å². The third-order valence-electron chi connectivity index (χ3n) is 5.53. The van der Waals surface area contributed by atoms with E-state index in [1.165, 1.54) is 32.1 Å². The lowest BCUT2D eigenvalue weighted by Gasteiger charge is -2.41. The number of nitriles is 1. The first-order chi connectivity index (χ1) is 9.94. The molecule has 3 atom stereocenters. The van der Waals surface area contributed by atoms with E-state index in [-0.39, 0.29) is 11.8 Å². The first-order valence-electron chi connectivity index (χ1n) is 8.39. The molecule has 1 saturated carbocycles. The van der Waals surface area contributed by atoms with Crippen LogP contribution in [0.2, 0.25) is 0 Å². The largest absolute Gasteiger partial charge is 0.337 e. The summed E-state index contributed by atoms with van der Waals surface area (Å²) in [5, 5.41) is 12.2. The smallest absolute Gasteiger partial charge is 0.235 e. The highest BCUT2D eigenvalue weighted by Crippen LogP contribution is 2.35. The fourth-order valence-electron chi connectivity index (χ4n) is 3.65. The molecule has 0 aromatic rings. The predicted octanol–water partition coefficient (Wildman–Crippen LogP) is 2.55. The van der Waals surface area contributed by atoms with Gasteiger partial charge < -0.3 is 5.32 Å². The van der Waals surface area contributed by atoms with Crippen molar-refractivity contribution in [1.29, 1.82) is 5.26 Å². The molecule has 1 aliphatic carbocycles. The molecule has 0 aromatic heterocycles. The summed E-state index contributed by atoms with van der Waals surface area (Å²) in [5.74, 6) is 1.77. The van der Waals surface area contributed by atoms with Gasteiger partial charge >= 0.3 is 0 Å². The van der Waals surface area contributed by atoms with Crippen LogP contribution >= 0.6 is 0 Å². The van der Waals surface area contributed by atoms with Crippen LogP contribution in [0.5, 0.6) is 0 Å². The molecule has 118 valence electrons. The molecule has 2 rings (SSSR count). The van der Waals surface area contributed by atoms with Crippen molar-refractivity contribution in [2.75, 3.05) is 19.6 Å². The normalized spacial score (nSPS) is 29.3. The number of piperidine rings is 1. The highest BCUT2D eigenvalue weighted by Gasteiger charge is 2.34. The zero-order chi connectivity index (χ0) is 15.5. The van der Waals surface area contributed by atoms with Crippen LogP contribution in [0.3, 0.4) is 0 Å². The van der Waals surface area contributed by atoms with Gasteiger partial charge in [-0.2, -0.15) is 5.26 Å². The molecule has 1 N–H and O–H groups in total. The Labute approximate surface area is 128 Å². The summed E-state index contributed by atoms with van der Waals surface area (Å²) in [4.78, 5) is 14.5. The number of carbonyl (C=O) groups excluding carboxylic acids is 1. The third kappa shape index (κ3) is 3.97. The number of rotatable bonds is 4. The Balaban J connectivity index is 1.84. The number of hydrogen-bond donors (Lipinski definition) is 1. The number of carbonyl (C=O) groups is 1. The van der Waals surface area contributed by atoms with Gasteiger partial charge in [0, 0.05) is 6.54 Å². The van der Waals surface area contributed by atoms with Crippen LogP contribution in [0.1, 0.15) is 52.9 Å². The zero-order valence-electron chi connectivity index (χ0n) is 13.7. The monoisotopic (exact) mass is 291 g/mol. The van der Waals surface area contributed by atoms with Crippen molar-refractivity contribution in [2.24, 2.45) is 17.8 Å². The molecule has 2 aliphatic rings.